The van der Waals surface area contributed by atoms with Crippen molar-refractivity contribution in [1.82, 2.24) is 9.78 Å². The van der Waals surface area contributed by atoms with E-state index in [0.717, 1.165) is 22.2 Å². The molecule has 0 aliphatic rings. The van der Waals surface area contributed by atoms with Crippen molar-refractivity contribution in [2.75, 3.05) is 13.7 Å². The molecular weight excluding hydrogens is 520 g/mol. The molecule has 3 aromatic carbocycles. The van der Waals surface area contributed by atoms with Crippen molar-refractivity contribution in [3.63, 3.8) is 0 Å². The predicted octanol–water partition coefficient (Wildman–Crippen LogP) is 6.35. The molecule has 0 saturated heterocycles. The van der Waals surface area contributed by atoms with E-state index in [1.54, 1.807) is 6.07 Å². The smallest absolute Gasteiger partial charge is 0.341 e. The Labute approximate surface area is 210 Å². The van der Waals surface area contributed by atoms with E-state index < -0.39 is 12.6 Å². The number of benzene rings is 3. The Morgan fingerprint density at radius 1 is 1.09 bits per heavy atom. The zero-order valence-electron chi connectivity index (χ0n) is 18.4. The van der Waals surface area contributed by atoms with Gasteiger partial charge in [-0.2, -0.15) is 5.10 Å². The molecule has 0 fully saturated rings. The van der Waals surface area contributed by atoms with E-state index >= 15 is 0 Å². The Kier molecular flexibility index (Phi) is 7.55. The highest BCUT2D eigenvalue weighted by Gasteiger charge is 2.20. The molecule has 1 aromatic heterocycles. The highest BCUT2D eigenvalue weighted by Crippen LogP contribution is 2.41. The van der Waals surface area contributed by atoms with Crippen molar-refractivity contribution in [3.8, 4) is 34.0 Å². The largest absolute Gasteiger partial charge is 0.493 e. The zero-order valence-corrected chi connectivity index (χ0v) is 20.7. The first-order valence-electron chi connectivity index (χ1n) is 10.5. The minimum Gasteiger partial charge on any atom is -0.493 e. The average Bonchev–Trinajstić information content (AvgIpc) is 3.26. The number of carboxylic acids is 1. The van der Waals surface area contributed by atoms with Crippen LogP contribution in [0.25, 0.3) is 22.5 Å². The molecule has 4 aromatic rings. The average molecular weight is 542 g/mol. The molecule has 0 aliphatic heterocycles. The minimum absolute atomic E-state index is 0.323. The fourth-order valence-electron chi connectivity index (χ4n) is 3.64. The van der Waals surface area contributed by atoms with Gasteiger partial charge in [-0.15, -0.1) is 0 Å². The molecule has 8 heteroatoms. The lowest BCUT2D eigenvalue weighted by atomic mass is 10.1. The van der Waals surface area contributed by atoms with Crippen LogP contribution < -0.4 is 9.47 Å². The van der Waals surface area contributed by atoms with E-state index in [0.29, 0.717) is 34.3 Å². The van der Waals surface area contributed by atoms with Gasteiger partial charge >= 0.3 is 5.97 Å². The number of carboxylic acid groups (broad SMARTS) is 1. The van der Waals surface area contributed by atoms with Crippen LogP contribution in [0.2, 0.25) is 5.02 Å². The molecule has 6 nitrogen and oxygen atoms in total. The summed E-state index contributed by atoms with van der Waals surface area (Å²) < 4.78 is 13.8. The molecule has 0 atom stereocenters. The van der Waals surface area contributed by atoms with Crippen molar-refractivity contribution in [3.05, 3.63) is 87.9 Å². The van der Waals surface area contributed by atoms with Crippen LogP contribution >= 0.6 is 27.5 Å². The minimum atomic E-state index is -1.08. The van der Waals surface area contributed by atoms with E-state index in [2.05, 4.69) is 28.1 Å². The number of hydrogen-bond donors (Lipinski definition) is 1. The first-order valence-corrected chi connectivity index (χ1v) is 11.7. The maximum Gasteiger partial charge on any atom is 0.341 e. The van der Waals surface area contributed by atoms with Gasteiger partial charge in [0.25, 0.3) is 0 Å². The molecule has 174 valence electrons. The molecule has 1 N–H and O–H groups in total. The van der Waals surface area contributed by atoms with Gasteiger partial charge in [0.2, 0.25) is 0 Å². The Morgan fingerprint density at radius 3 is 2.50 bits per heavy atom. The normalized spacial score (nSPS) is 10.8. The summed E-state index contributed by atoms with van der Waals surface area (Å²) in [6.45, 7) is 0.155. The summed E-state index contributed by atoms with van der Waals surface area (Å²) in [6, 6.07) is 23.3. The van der Waals surface area contributed by atoms with Gasteiger partial charge in [0.15, 0.2) is 18.1 Å². The number of aliphatic carboxylic acids is 1. The number of aryl methyl sites for hydroxylation is 2. The van der Waals surface area contributed by atoms with Crippen molar-refractivity contribution in [1.29, 1.82) is 0 Å². The van der Waals surface area contributed by atoms with E-state index in [9.17, 15) is 4.79 Å². The van der Waals surface area contributed by atoms with Gasteiger partial charge in [0.05, 0.1) is 18.5 Å². The summed E-state index contributed by atoms with van der Waals surface area (Å²) in [5, 5.41) is 14.7. The second-order valence-electron chi connectivity index (χ2n) is 7.55. The summed E-state index contributed by atoms with van der Waals surface area (Å²) in [5.74, 6) is -0.341. The predicted molar refractivity (Wildman–Crippen MR) is 136 cm³/mol. The molecule has 1 heterocycles. The summed E-state index contributed by atoms with van der Waals surface area (Å²) in [5.41, 5.74) is 4.34. The third-order valence-electron chi connectivity index (χ3n) is 5.23. The third-order valence-corrected chi connectivity index (χ3v) is 5.94. The van der Waals surface area contributed by atoms with E-state index in [1.165, 1.54) is 12.7 Å². The lowest BCUT2D eigenvalue weighted by molar-refractivity contribution is -0.139. The summed E-state index contributed by atoms with van der Waals surface area (Å²) in [6.07, 6.45) is 0.798. The number of ether oxygens (including phenoxy) is 2. The van der Waals surface area contributed by atoms with Gasteiger partial charge in [-0.05, 0) is 47.9 Å². The first-order chi connectivity index (χ1) is 16.4. The number of carbonyl (C=O) groups is 1. The summed E-state index contributed by atoms with van der Waals surface area (Å²) in [4.78, 5) is 11.2. The van der Waals surface area contributed by atoms with Crippen LogP contribution in [0.5, 0.6) is 11.5 Å². The van der Waals surface area contributed by atoms with E-state index in [1.807, 2.05) is 59.3 Å². The molecule has 4 rings (SSSR count). The van der Waals surface area contributed by atoms with Crippen molar-refractivity contribution in [2.45, 2.75) is 13.0 Å². The quantitative estimate of drug-likeness (QED) is 0.267. The number of aromatic nitrogens is 2. The highest BCUT2D eigenvalue weighted by atomic mass is 79.9. The topological polar surface area (TPSA) is 73.6 Å². The summed E-state index contributed by atoms with van der Waals surface area (Å²) in [7, 11) is 1.51. The van der Waals surface area contributed by atoms with Gasteiger partial charge in [-0.3, -0.25) is 4.68 Å². The lowest BCUT2D eigenvalue weighted by Crippen LogP contribution is -2.11. The second-order valence-corrected chi connectivity index (χ2v) is 8.90. The third kappa shape index (κ3) is 5.61. The number of rotatable bonds is 9. The molecule has 0 unspecified atom stereocenters. The highest BCUT2D eigenvalue weighted by molar-refractivity contribution is 9.10. The monoisotopic (exact) mass is 540 g/mol. The Hall–Kier alpha value is -3.29. The summed E-state index contributed by atoms with van der Waals surface area (Å²) >= 11 is 9.61. The number of methoxy groups -OCH3 is 1. The molecule has 0 bridgehead atoms. The number of halogens is 2. The number of nitrogens with zero attached hydrogens (tertiary/aromatic N) is 2. The maximum atomic E-state index is 11.2. The van der Waals surface area contributed by atoms with Crippen LogP contribution in [0.3, 0.4) is 0 Å². The van der Waals surface area contributed by atoms with Crippen molar-refractivity contribution < 1.29 is 19.4 Å². The maximum absolute atomic E-state index is 11.2. The van der Waals surface area contributed by atoms with Gasteiger partial charge in [-0.1, -0.05) is 70.0 Å². The fraction of sp³-hybridized carbons (Fsp3) is 0.154. The van der Waals surface area contributed by atoms with Crippen LogP contribution in [-0.2, 0) is 17.8 Å². The van der Waals surface area contributed by atoms with Gasteiger partial charge in [0.1, 0.15) is 0 Å². The van der Waals surface area contributed by atoms with Crippen LogP contribution in [0.15, 0.2) is 77.3 Å². The number of hydrogen-bond acceptors (Lipinski definition) is 4. The Bertz CT molecular complexity index is 1290. The second kappa shape index (κ2) is 10.8. The van der Waals surface area contributed by atoms with E-state index in [-0.39, 0.29) is 0 Å². The lowest BCUT2D eigenvalue weighted by Gasteiger charge is -2.13. The Morgan fingerprint density at radius 2 is 1.82 bits per heavy atom. The molecular formula is C26H22BrClN2O4. The van der Waals surface area contributed by atoms with Crippen LogP contribution in [0.4, 0.5) is 0 Å². The Balaban J connectivity index is 1.80. The standard InChI is InChI=1S/C26H22BrClN2O4/c1-33-24-14-19(27)13-21(26(24)34-16-25(31)32)22-15-23(18-7-9-20(28)10-8-18)30(29-22)12-11-17-5-3-2-4-6-17/h2-10,13-15H,11-12,16H2,1H3,(H,31,32). The van der Waals surface area contributed by atoms with Crippen LogP contribution in [-0.4, -0.2) is 34.6 Å². The SMILES string of the molecule is COc1cc(Br)cc(-c2cc(-c3ccc(Cl)cc3)n(CCc3ccccc3)n2)c1OCC(=O)O. The van der Waals surface area contributed by atoms with E-state index in [4.69, 9.17) is 31.3 Å². The first kappa shape index (κ1) is 23.9. The molecule has 34 heavy (non-hydrogen) atoms. The van der Waals surface area contributed by atoms with Gasteiger partial charge in [0, 0.05) is 21.6 Å². The molecule has 0 radical (unpaired) electrons. The van der Waals surface area contributed by atoms with Crippen LogP contribution in [0.1, 0.15) is 5.56 Å². The van der Waals surface area contributed by atoms with Crippen molar-refractivity contribution >= 4 is 33.5 Å². The van der Waals surface area contributed by atoms with Crippen LogP contribution in [0, 0.1) is 0 Å². The zero-order chi connectivity index (χ0) is 24.1. The molecule has 0 amide bonds. The van der Waals surface area contributed by atoms with Gasteiger partial charge < -0.3 is 14.6 Å². The van der Waals surface area contributed by atoms with Gasteiger partial charge in [-0.25, -0.2) is 4.79 Å². The molecule has 0 saturated carbocycles. The molecule has 0 aliphatic carbocycles. The molecule has 0 spiro atoms. The fourth-order valence-corrected chi connectivity index (χ4v) is 4.21. The van der Waals surface area contributed by atoms with Crippen molar-refractivity contribution in [2.24, 2.45) is 0 Å².